The Balaban J connectivity index is 0.925. The zero-order valence-corrected chi connectivity index (χ0v) is 25.9. The number of hydrogen-bond acceptors (Lipinski definition) is 4. The summed E-state index contributed by atoms with van der Waals surface area (Å²) >= 11 is 6.38. The first-order valence-electron chi connectivity index (χ1n) is 16.7. The van der Waals surface area contributed by atoms with Crippen molar-refractivity contribution in [3.05, 3.63) is 34.7 Å². The third-order valence-electron chi connectivity index (χ3n) is 10.9. The van der Waals surface area contributed by atoms with Crippen LogP contribution < -0.4 is 16.3 Å². The normalized spacial score (nSPS) is 30.0. The van der Waals surface area contributed by atoms with Crippen molar-refractivity contribution in [3.8, 4) is 0 Å². The highest BCUT2D eigenvalue weighted by molar-refractivity contribution is 6.20. The van der Waals surface area contributed by atoms with Crippen molar-refractivity contribution in [2.24, 2.45) is 0 Å². The number of aromatic nitrogens is 2. The van der Waals surface area contributed by atoms with Gasteiger partial charge < -0.3 is 25.3 Å². The van der Waals surface area contributed by atoms with Crippen LogP contribution in [0.25, 0.3) is 11.0 Å². The van der Waals surface area contributed by atoms with E-state index in [1.54, 1.807) is 0 Å². The number of nitrogens with one attached hydrogen (secondary N) is 2. The largest absolute Gasteiger partial charge is 0.333 e. The van der Waals surface area contributed by atoms with Crippen LogP contribution >= 0.6 is 11.6 Å². The molecule has 5 unspecified atom stereocenters. The van der Waals surface area contributed by atoms with Crippen LogP contribution in [-0.2, 0) is 13.1 Å². The Labute approximate surface area is 258 Å². The molecule has 11 heteroatoms. The van der Waals surface area contributed by atoms with E-state index < -0.39 is 0 Å². The van der Waals surface area contributed by atoms with Crippen LogP contribution in [0.2, 0.25) is 0 Å². The predicted molar refractivity (Wildman–Crippen MR) is 168 cm³/mol. The number of amides is 4. The molecule has 0 radical (unpaired) electrons. The minimum Gasteiger partial charge on any atom is -0.333 e. The molecule has 2 N–H and O–H groups in total. The number of rotatable bonds is 9. The minimum atomic E-state index is 0.0441. The molecule has 5 aliphatic rings. The van der Waals surface area contributed by atoms with Gasteiger partial charge in [-0.05, 0) is 76.5 Å². The van der Waals surface area contributed by atoms with Crippen molar-refractivity contribution in [1.29, 1.82) is 0 Å². The Morgan fingerprint density at radius 3 is 2.14 bits per heavy atom. The van der Waals surface area contributed by atoms with E-state index in [-0.39, 0.29) is 29.2 Å². The number of alkyl halides is 1. The highest BCUT2D eigenvalue weighted by atomic mass is 35.5. The summed E-state index contributed by atoms with van der Waals surface area (Å²) in [4.78, 5) is 45.7. The predicted octanol–water partition coefficient (Wildman–Crippen LogP) is 3.94. The van der Waals surface area contributed by atoms with Gasteiger partial charge in [0, 0.05) is 44.1 Å². The first-order valence-corrected chi connectivity index (χ1v) is 17.1. The minimum absolute atomic E-state index is 0.0441. The molecular weight excluding hydrogens is 566 g/mol. The van der Waals surface area contributed by atoms with Gasteiger partial charge in [0.05, 0.1) is 35.2 Å². The van der Waals surface area contributed by atoms with E-state index in [1.807, 2.05) is 38.3 Å². The average molecular weight is 612 g/mol. The molecular formula is C32H46ClN7O3. The third kappa shape index (κ3) is 5.65. The monoisotopic (exact) mass is 611 g/mol. The van der Waals surface area contributed by atoms with E-state index in [2.05, 4.69) is 20.4 Å². The Morgan fingerprint density at radius 1 is 0.721 bits per heavy atom. The Bertz CT molecular complexity index is 1380. The Kier molecular flexibility index (Phi) is 8.33. The second-order valence-corrected chi connectivity index (χ2v) is 14.0. The zero-order chi connectivity index (χ0) is 29.5. The van der Waals surface area contributed by atoms with Crippen molar-refractivity contribution in [1.82, 2.24) is 34.5 Å². The van der Waals surface area contributed by atoms with Crippen LogP contribution in [0.3, 0.4) is 0 Å². The molecule has 0 bridgehead atoms. The lowest BCUT2D eigenvalue weighted by Gasteiger charge is -2.40. The molecule has 7 rings (SSSR count). The molecule has 2 aromatic rings. The molecule has 1 aromatic heterocycles. The molecule has 0 spiro atoms. The van der Waals surface area contributed by atoms with E-state index in [4.69, 9.17) is 11.6 Å². The van der Waals surface area contributed by atoms with Gasteiger partial charge in [0.2, 0.25) is 0 Å². The van der Waals surface area contributed by atoms with Crippen molar-refractivity contribution in [2.45, 2.75) is 119 Å². The second kappa shape index (κ2) is 12.3. The van der Waals surface area contributed by atoms with E-state index in [0.717, 1.165) is 88.5 Å². The first-order chi connectivity index (χ1) is 21.0. The fourth-order valence-electron chi connectivity index (χ4n) is 8.70. The molecule has 2 aliphatic carbocycles. The van der Waals surface area contributed by atoms with Crippen molar-refractivity contribution >= 4 is 34.7 Å². The zero-order valence-electron chi connectivity index (χ0n) is 25.1. The quantitative estimate of drug-likeness (QED) is 0.420. The standard InChI is InChI=1S/C32H46ClN7O3/c33-22-11-12-27-25(21-22)35-31(42)40(27)23-13-19-36(20-14-23)15-5-17-38-28-9-3-4-10-29(28)39(32(38)43)18-6-16-37-26-8-2-1-7-24(26)34-30(37)41/h3-4,9-10,22-27H,1-2,5-8,11-21H2,(H,34,41)(H,35,42). The molecule has 5 atom stereocenters. The summed E-state index contributed by atoms with van der Waals surface area (Å²) in [6, 6.07) is 9.63. The third-order valence-corrected chi connectivity index (χ3v) is 11.3. The topological polar surface area (TPSA) is 94.8 Å². The molecule has 234 valence electrons. The Morgan fingerprint density at radius 2 is 1.40 bits per heavy atom. The van der Waals surface area contributed by atoms with Gasteiger partial charge in [-0.1, -0.05) is 25.0 Å². The van der Waals surface area contributed by atoms with Gasteiger partial charge in [-0.2, -0.15) is 0 Å². The van der Waals surface area contributed by atoms with E-state index >= 15 is 0 Å². The molecule has 2 saturated carbocycles. The van der Waals surface area contributed by atoms with Crippen LogP contribution in [0.4, 0.5) is 9.59 Å². The number of halogens is 1. The number of likely N-dealkylation sites (tertiary alicyclic amines) is 1. The number of aryl methyl sites for hydroxylation is 2. The highest BCUT2D eigenvalue weighted by Gasteiger charge is 2.46. The summed E-state index contributed by atoms with van der Waals surface area (Å²) in [5.74, 6) is 0. The summed E-state index contributed by atoms with van der Waals surface area (Å²) in [5, 5.41) is 6.53. The van der Waals surface area contributed by atoms with Crippen molar-refractivity contribution in [2.75, 3.05) is 26.2 Å². The fourth-order valence-corrected chi connectivity index (χ4v) is 9.02. The van der Waals surface area contributed by atoms with Crippen LogP contribution in [0.5, 0.6) is 0 Å². The summed E-state index contributed by atoms with van der Waals surface area (Å²) in [6.07, 6.45) is 11.0. The molecule has 1 aromatic carbocycles. The lowest BCUT2D eigenvalue weighted by Crippen LogP contribution is -2.50. The van der Waals surface area contributed by atoms with Crippen LogP contribution in [-0.4, -0.2) is 97.7 Å². The number of imidazole rings is 1. The number of benzene rings is 1. The number of nitrogens with zero attached hydrogens (tertiary/aromatic N) is 5. The molecule has 3 saturated heterocycles. The molecule has 10 nitrogen and oxygen atoms in total. The molecule has 5 fully saturated rings. The SMILES string of the molecule is O=C1NC2CCCCC2N1CCCn1c(=O)n(CCCN2CCC(N3C(=O)NC4CC(Cl)CCC43)CC2)c2ccccc21. The van der Waals surface area contributed by atoms with Crippen molar-refractivity contribution in [3.63, 3.8) is 0 Å². The molecule has 4 amide bonds. The van der Waals surface area contributed by atoms with E-state index in [1.165, 1.54) is 12.8 Å². The first kappa shape index (κ1) is 29.0. The Hall–Kier alpha value is -2.72. The summed E-state index contributed by atoms with van der Waals surface area (Å²) in [5.41, 5.74) is 2.00. The average Bonchev–Trinajstić information content (AvgIpc) is 3.61. The van der Waals surface area contributed by atoms with Gasteiger partial charge in [0.1, 0.15) is 0 Å². The molecule has 43 heavy (non-hydrogen) atoms. The van der Waals surface area contributed by atoms with Crippen molar-refractivity contribution < 1.29 is 9.59 Å². The smallest absolute Gasteiger partial charge is 0.329 e. The van der Waals surface area contributed by atoms with E-state index in [9.17, 15) is 14.4 Å². The van der Waals surface area contributed by atoms with Crippen LogP contribution in [0, 0.1) is 0 Å². The second-order valence-electron chi connectivity index (χ2n) is 13.4. The lowest BCUT2D eigenvalue weighted by molar-refractivity contribution is 0.101. The number of carbonyl (C=O) groups excluding carboxylic acids is 2. The summed E-state index contributed by atoms with van der Waals surface area (Å²) in [6.45, 7) is 4.88. The van der Waals surface area contributed by atoms with Gasteiger partial charge in [0.25, 0.3) is 0 Å². The maximum atomic E-state index is 13.6. The number of para-hydroxylation sites is 2. The number of fused-ring (bicyclic) bond motifs is 3. The molecule has 4 heterocycles. The highest BCUT2D eigenvalue weighted by Crippen LogP contribution is 2.34. The number of carbonyl (C=O) groups is 2. The van der Waals surface area contributed by atoms with Gasteiger partial charge in [-0.3, -0.25) is 9.13 Å². The van der Waals surface area contributed by atoms with Gasteiger partial charge in [-0.25, -0.2) is 14.4 Å². The fraction of sp³-hybridized carbons (Fsp3) is 0.719. The number of urea groups is 2. The van der Waals surface area contributed by atoms with Crippen LogP contribution in [0.15, 0.2) is 29.1 Å². The lowest BCUT2D eigenvalue weighted by atomic mass is 9.89. The number of piperidine rings is 1. The van der Waals surface area contributed by atoms with Crippen LogP contribution in [0.1, 0.15) is 70.6 Å². The van der Waals surface area contributed by atoms with Gasteiger partial charge in [0.15, 0.2) is 0 Å². The number of hydrogen-bond donors (Lipinski definition) is 2. The van der Waals surface area contributed by atoms with Gasteiger partial charge >= 0.3 is 17.8 Å². The maximum absolute atomic E-state index is 13.6. The molecule has 3 aliphatic heterocycles. The van der Waals surface area contributed by atoms with E-state index in [0.29, 0.717) is 43.8 Å². The summed E-state index contributed by atoms with van der Waals surface area (Å²) in [7, 11) is 0. The van der Waals surface area contributed by atoms with Gasteiger partial charge in [-0.15, -0.1) is 11.6 Å². The summed E-state index contributed by atoms with van der Waals surface area (Å²) < 4.78 is 3.84. The maximum Gasteiger partial charge on any atom is 0.329 e.